The van der Waals surface area contributed by atoms with Gasteiger partial charge in [0.05, 0.1) is 12.8 Å². The summed E-state index contributed by atoms with van der Waals surface area (Å²) in [6.07, 6.45) is 2.50. The number of hydrogen-bond donors (Lipinski definition) is 1. The van der Waals surface area contributed by atoms with Gasteiger partial charge in [-0.15, -0.1) is 0 Å². The smallest absolute Gasteiger partial charge is 0.271 e. The second kappa shape index (κ2) is 11.0. The third-order valence-corrected chi connectivity index (χ3v) is 4.44. The Morgan fingerprint density at radius 1 is 1.00 bits per heavy atom. The lowest BCUT2D eigenvalue weighted by Gasteiger charge is -2.09. The summed E-state index contributed by atoms with van der Waals surface area (Å²) in [7, 11) is 0. The average molecular weight is 423 g/mol. The number of nitrogens with one attached hydrogen (secondary N) is 1. The summed E-state index contributed by atoms with van der Waals surface area (Å²) in [5, 5.41) is 4.75. The van der Waals surface area contributed by atoms with Crippen molar-refractivity contribution in [2.75, 3.05) is 6.61 Å². The zero-order valence-corrected chi connectivity index (χ0v) is 17.4. The van der Waals surface area contributed by atoms with Crippen LogP contribution in [0.25, 0.3) is 0 Å². The highest BCUT2D eigenvalue weighted by Gasteiger charge is 2.05. The van der Waals surface area contributed by atoms with Crippen molar-refractivity contribution in [2.45, 2.75) is 20.0 Å². The Hall–Kier alpha value is -3.31. The van der Waals surface area contributed by atoms with Crippen molar-refractivity contribution in [2.24, 2.45) is 5.10 Å². The van der Waals surface area contributed by atoms with Crippen LogP contribution in [0.5, 0.6) is 11.5 Å². The van der Waals surface area contributed by atoms with Crippen molar-refractivity contribution in [1.29, 1.82) is 0 Å². The number of benzene rings is 3. The van der Waals surface area contributed by atoms with E-state index in [9.17, 15) is 4.79 Å². The number of rotatable bonds is 9. The molecule has 0 bridgehead atoms. The highest BCUT2D eigenvalue weighted by atomic mass is 35.5. The first kappa shape index (κ1) is 21.4. The zero-order chi connectivity index (χ0) is 21.2. The van der Waals surface area contributed by atoms with E-state index in [1.54, 1.807) is 30.5 Å². The lowest BCUT2D eigenvalue weighted by Crippen LogP contribution is -2.17. The van der Waals surface area contributed by atoms with Crippen LogP contribution in [0.1, 0.15) is 34.8 Å². The summed E-state index contributed by atoms with van der Waals surface area (Å²) < 4.78 is 11.4. The van der Waals surface area contributed by atoms with E-state index in [0.29, 0.717) is 29.5 Å². The van der Waals surface area contributed by atoms with Crippen molar-refractivity contribution in [3.05, 3.63) is 94.5 Å². The minimum atomic E-state index is -0.298. The molecule has 0 aliphatic heterocycles. The van der Waals surface area contributed by atoms with Crippen LogP contribution in [-0.2, 0) is 6.61 Å². The van der Waals surface area contributed by atoms with Crippen LogP contribution in [0.2, 0.25) is 5.02 Å². The molecule has 0 saturated carbocycles. The first-order valence-corrected chi connectivity index (χ1v) is 10.1. The molecule has 1 amide bonds. The predicted molar refractivity (Wildman–Crippen MR) is 120 cm³/mol. The van der Waals surface area contributed by atoms with Crippen LogP contribution in [0, 0.1) is 0 Å². The van der Waals surface area contributed by atoms with Gasteiger partial charge in [0.15, 0.2) is 0 Å². The maximum absolute atomic E-state index is 12.3. The number of hydrogen-bond acceptors (Lipinski definition) is 4. The number of carbonyl (C=O) groups excluding carboxylic acids is 1. The Balaban J connectivity index is 1.58. The van der Waals surface area contributed by atoms with Crippen LogP contribution in [-0.4, -0.2) is 18.7 Å². The molecule has 0 atom stereocenters. The Morgan fingerprint density at radius 2 is 1.73 bits per heavy atom. The van der Waals surface area contributed by atoms with Crippen LogP contribution in [0.3, 0.4) is 0 Å². The largest absolute Gasteiger partial charge is 0.494 e. The van der Waals surface area contributed by atoms with E-state index in [1.807, 2.05) is 55.5 Å². The standard InChI is InChI=1S/C24H23ClN2O3/c1-2-15-29-22-13-9-19(10-14-22)24(28)27-26-16-20-5-3-4-6-23(20)30-17-18-7-11-21(25)12-8-18/h3-14,16H,2,15,17H2,1H3,(H,27,28)/b26-16+. The van der Waals surface area contributed by atoms with Crippen molar-refractivity contribution in [3.63, 3.8) is 0 Å². The molecule has 1 N–H and O–H groups in total. The molecule has 6 heteroatoms. The van der Waals surface area contributed by atoms with Gasteiger partial charge in [0.2, 0.25) is 0 Å². The molecular formula is C24H23ClN2O3. The fourth-order valence-electron chi connectivity index (χ4n) is 2.61. The minimum absolute atomic E-state index is 0.298. The molecule has 0 heterocycles. The number of nitrogens with zero attached hydrogens (tertiary/aromatic N) is 1. The van der Waals surface area contributed by atoms with Crippen molar-refractivity contribution < 1.29 is 14.3 Å². The monoisotopic (exact) mass is 422 g/mol. The molecule has 0 spiro atoms. The molecule has 0 aromatic heterocycles. The van der Waals surface area contributed by atoms with Gasteiger partial charge in [-0.3, -0.25) is 4.79 Å². The van der Waals surface area contributed by atoms with E-state index in [-0.39, 0.29) is 5.91 Å². The maximum atomic E-state index is 12.3. The van der Waals surface area contributed by atoms with Crippen LogP contribution < -0.4 is 14.9 Å². The lowest BCUT2D eigenvalue weighted by molar-refractivity contribution is 0.0955. The van der Waals surface area contributed by atoms with E-state index in [1.165, 1.54) is 0 Å². The van der Waals surface area contributed by atoms with E-state index in [2.05, 4.69) is 10.5 Å². The molecule has 0 aliphatic carbocycles. The number of halogens is 1. The molecule has 3 aromatic rings. The Bertz CT molecular complexity index is 986. The number of carbonyl (C=O) groups is 1. The third kappa shape index (κ3) is 6.36. The molecule has 3 rings (SSSR count). The van der Waals surface area contributed by atoms with Gasteiger partial charge in [-0.2, -0.15) is 5.10 Å². The van der Waals surface area contributed by atoms with Crippen LogP contribution >= 0.6 is 11.6 Å². The molecule has 0 fully saturated rings. The Labute approximate surface area is 181 Å². The van der Waals surface area contributed by atoms with Crippen molar-refractivity contribution >= 4 is 23.7 Å². The van der Waals surface area contributed by atoms with E-state index in [4.69, 9.17) is 21.1 Å². The van der Waals surface area contributed by atoms with Crippen molar-refractivity contribution in [3.8, 4) is 11.5 Å². The van der Waals surface area contributed by atoms with E-state index < -0.39 is 0 Å². The SMILES string of the molecule is CCCOc1ccc(C(=O)N/N=C/c2ccccc2OCc2ccc(Cl)cc2)cc1. The summed E-state index contributed by atoms with van der Waals surface area (Å²) in [5.74, 6) is 1.11. The number of hydrazone groups is 1. The zero-order valence-electron chi connectivity index (χ0n) is 16.7. The fraction of sp³-hybridized carbons (Fsp3) is 0.167. The summed E-state index contributed by atoms with van der Waals surface area (Å²) in [6, 6.07) is 21.9. The first-order chi connectivity index (χ1) is 14.7. The fourth-order valence-corrected chi connectivity index (χ4v) is 2.73. The van der Waals surface area contributed by atoms with Gasteiger partial charge in [0.1, 0.15) is 18.1 Å². The summed E-state index contributed by atoms with van der Waals surface area (Å²) in [6.45, 7) is 3.09. The topological polar surface area (TPSA) is 59.9 Å². The normalized spacial score (nSPS) is 10.7. The Kier molecular flexibility index (Phi) is 7.86. The first-order valence-electron chi connectivity index (χ1n) is 9.68. The quantitative estimate of drug-likeness (QED) is 0.367. The summed E-state index contributed by atoms with van der Waals surface area (Å²) >= 11 is 5.91. The van der Waals surface area contributed by atoms with Gasteiger partial charge in [-0.25, -0.2) is 5.43 Å². The van der Waals surface area contributed by atoms with Crippen LogP contribution in [0.15, 0.2) is 77.9 Å². The average Bonchev–Trinajstić information content (AvgIpc) is 2.78. The van der Waals surface area contributed by atoms with E-state index >= 15 is 0 Å². The van der Waals surface area contributed by atoms with Crippen LogP contribution in [0.4, 0.5) is 0 Å². The molecule has 5 nitrogen and oxygen atoms in total. The van der Waals surface area contributed by atoms with Gasteiger partial charge in [-0.1, -0.05) is 42.8 Å². The van der Waals surface area contributed by atoms with Gasteiger partial charge in [0, 0.05) is 16.1 Å². The molecule has 0 saturated heterocycles. The summed E-state index contributed by atoms with van der Waals surface area (Å²) in [5.41, 5.74) is 4.80. The number of ether oxygens (including phenoxy) is 2. The van der Waals surface area contributed by atoms with Gasteiger partial charge >= 0.3 is 0 Å². The third-order valence-electron chi connectivity index (χ3n) is 4.19. The molecule has 3 aromatic carbocycles. The number of para-hydroxylation sites is 1. The van der Waals surface area contributed by atoms with Crippen molar-refractivity contribution in [1.82, 2.24) is 5.43 Å². The highest BCUT2D eigenvalue weighted by Crippen LogP contribution is 2.18. The number of amides is 1. The molecular weight excluding hydrogens is 400 g/mol. The van der Waals surface area contributed by atoms with E-state index in [0.717, 1.165) is 23.3 Å². The lowest BCUT2D eigenvalue weighted by atomic mass is 10.2. The predicted octanol–water partition coefficient (Wildman–Crippen LogP) is 5.47. The molecule has 0 aliphatic rings. The highest BCUT2D eigenvalue weighted by molar-refractivity contribution is 6.30. The molecule has 0 radical (unpaired) electrons. The maximum Gasteiger partial charge on any atom is 0.271 e. The van der Waals surface area contributed by atoms with Gasteiger partial charge in [-0.05, 0) is 60.5 Å². The molecule has 0 unspecified atom stereocenters. The second-order valence-electron chi connectivity index (χ2n) is 6.52. The second-order valence-corrected chi connectivity index (χ2v) is 6.96. The molecule has 30 heavy (non-hydrogen) atoms. The summed E-state index contributed by atoms with van der Waals surface area (Å²) in [4.78, 5) is 12.3. The van der Waals surface area contributed by atoms with Gasteiger partial charge in [0.25, 0.3) is 5.91 Å². The molecule has 154 valence electrons. The van der Waals surface area contributed by atoms with Gasteiger partial charge < -0.3 is 9.47 Å². The minimum Gasteiger partial charge on any atom is -0.494 e. The Morgan fingerprint density at radius 3 is 2.47 bits per heavy atom.